The van der Waals surface area contributed by atoms with Crippen molar-refractivity contribution in [1.82, 2.24) is 10.2 Å². The fraction of sp³-hybridized carbons (Fsp3) is 0.364. The average Bonchev–Trinajstić information content (AvgIpc) is 2.94. The third-order valence-electron chi connectivity index (χ3n) is 5.41. The van der Waals surface area contributed by atoms with Gasteiger partial charge in [0.15, 0.2) is 6.67 Å². The number of rotatable bonds is 7. The van der Waals surface area contributed by atoms with E-state index in [2.05, 4.69) is 5.32 Å². The Morgan fingerprint density at radius 1 is 1.17 bits per heavy atom. The van der Waals surface area contributed by atoms with E-state index in [4.69, 9.17) is 16.3 Å². The van der Waals surface area contributed by atoms with Crippen molar-refractivity contribution in [2.45, 2.75) is 32.4 Å². The number of hydrogen-bond acceptors (Lipinski definition) is 3. The van der Waals surface area contributed by atoms with Gasteiger partial charge in [-0.3, -0.25) is 4.79 Å². The maximum Gasteiger partial charge on any atom is 0.329 e. The molecule has 2 aromatic rings. The van der Waals surface area contributed by atoms with Crippen LogP contribution in [0.25, 0.3) is 0 Å². The molecule has 154 valence electrons. The molecule has 2 N–H and O–H groups in total. The highest BCUT2D eigenvalue weighted by atomic mass is 35.5. The molecule has 29 heavy (non-hydrogen) atoms. The van der Waals surface area contributed by atoms with Gasteiger partial charge in [0.25, 0.3) is 5.91 Å². The van der Waals surface area contributed by atoms with Crippen molar-refractivity contribution in [2.75, 3.05) is 20.8 Å². The number of carbonyl (C=O) groups is 2. The second kappa shape index (κ2) is 8.43. The molecule has 1 aliphatic heterocycles. The van der Waals surface area contributed by atoms with Gasteiger partial charge in [0.2, 0.25) is 0 Å². The lowest BCUT2D eigenvalue weighted by Crippen LogP contribution is -3.09. The number of benzene rings is 2. The van der Waals surface area contributed by atoms with Gasteiger partial charge in [-0.25, -0.2) is 9.69 Å². The van der Waals surface area contributed by atoms with Crippen LogP contribution in [0.1, 0.15) is 30.0 Å². The van der Waals surface area contributed by atoms with Gasteiger partial charge < -0.3 is 15.0 Å². The summed E-state index contributed by atoms with van der Waals surface area (Å²) in [6.07, 6.45) is 0.484. The summed E-state index contributed by atoms with van der Waals surface area (Å²) in [6.45, 7) is 4.71. The van der Waals surface area contributed by atoms with Crippen molar-refractivity contribution >= 4 is 23.5 Å². The second-order valence-electron chi connectivity index (χ2n) is 7.54. The van der Waals surface area contributed by atoms with Crippen molar-refractivity contribution in [3.63, 3.8) is 0 Å². The number of nitrogens with zero attached hydrogens (tertiary/aromatic N) is 1. The van der Waals surface area contributed by atoms with E-state index in [0.29, 0.717) is 18.0 Å². The molecule has 2 aromatic carbocycles. The lowest BCUT2D eigenvalue weighted by atomic mass is 9.87. The molecule has 1 fully saturated rings. The first-order valence-corrected chi connectivity index (χ1v) is 10.0. The quantitative estimate of drug-likeness (QED) is 0.681. The molecule has 0 bridgehead atoms. The SMILES string of the molecule is CC[C@]1(c2ccc(C)cc2)NC(=O)N(C[NH+](C)Cc2cc(Cl)ccc2OC)C1=O. The van der Waals surface area contributed by atoms with Crippen LogP contribution in [0.2, 0.25) is 5.02 Å². The molecule has 2 atom stereocenters. The Morgan fingerprint density at radius 3 is 2.48 bits per heavy atom. The van der Waals surface area contributed by atoms with Crippen molar-refractivity contribution in [3.8, 4) is 5.75 Å². The third kappa shape index (κ3) is 4.09. The largest absolute Gasteiger partial charge is 0.496 e. The summed E-state index contributed by atoms with van der Waals surface area (Å²) in [4.78, 5) is 28.3. The Morgan fingerprint density at radius 2 is 1.86 bits per heavy atom. The van der Waals surface area contributed by atoms with Gasteiger partial charge in [0.05, 0.1) is 14.2 Å². The lowest BCUT2D eigenvalue weighted by Gasteiger charge is -2.26. The number of methoxy groups -OCH3 is 1. The van der Waals surface area contributed by atoms with E-state index >= 15 is 0 Å². The van der Waals surface area contributed by atoms with Gasteiger partial charge in [-0.2, -0.15) is 0 Å². The van der Waals surface area contributed by atoms with Crippen molar-refractivity contribution in [2.24, 2.45) is 0 Å². The first kappa shape index (κ1) is 21.1. The zero-order valence-corrected chi connectivity index (χ0v) is 18.0. The number of imide groups is 1. The topological polar surface area (TPSA) is 63.1 Å². The van der Waals surface area contributed by atoms with Crippen LogP contribution in [-0.2, 0) is 16.9 Å². The van der Waals surface area contributed by atoms with E-state index in [1.54, 1.807) is 13.2 Å². The molecule has 6 nitrogen and oxygen atoms in total. The zero-order valence-electron chi connectivity index (χ0n) is 17.2. The van der Waals surface area contributed by atoms with Crippen LogP contribution in [0, 0.1) is 6.92 Å². The third-order valence-corrected chi connectivity index (χ3v) is 5.65. The Balaban J connectivity index is 1.79. The molecule has 1 unspecified atom stereocenters. The summed E-state index contributed by atoms with van der Waals surface area (Å²) in [7, 11) is 3.54. The number of nitrogens with one attached hydrogen (secondary N) is 2. The summed E-state index contributed by atoms with van der Waals surface area (Å²) in [5.41, 5.74) is 1.82. The lowest BCUT2D eigenvalue weighted by molar-refractivity contribution is -0.901. The monoisotopic (exact) mass is 416 g/mol. The predicted octanol–water partition coefficient (Wildman–Crippen LogP) is 2.49. The molecule has 1 heterocycles. The Bertz CT molecular complexity index is 916. The van der Waals surface area contributed by atoms with Crippen molar-refractivity contribution in [3.05, 3.63) is 64.2 Å². The van der Waals surface area contributed by atoms with E-state index in [1.807, 2.05) is 57.3 Å². The fourth-order valence-corrected chi connectivity index (χ4v) is 3.98. The Labute approximate surface area is 176 Å². The van der Waals surface area contributed by atoms with E-state index in [9.17, 15) is 9.59 Å². The van der Waals surface area contributed by atoms with Gasteiger partial charge >= 0.3 is 6.03 Å². The van der Waals surface area contributed by atoms with Crippen LogP contribution in [0.4, 0.5) is 4.79 Å². The van der Waals surface area contributed by atoms with Crippen molar-refractivity contribution < 1.29 is 19.2 Å². The van der Waals surface area contributed by atoms with Gasteiger partial charge in [-0.15, -0.1) is 0 Å². The summed E-state index contributed by atoms with van der Waals surface area (Å²) < 4.78 is 5.40. The average molecular weight is 417 g/mol. The smallest absolute Gasteiger partial charge is 0.329 e. The zero-order chi connectivity index (χ0) is 21.2. The summed E-state index contributed by atoms with van der Waals surface area (Å²) in [5, 5.41) is 3.55. The second-order valence-corrected chi connectivity index (χ2v) is 7.97. The number of ether oxygens (including phenoxy) is 1. The molecular weight excluding hydrogens is 390 g/mol. The number of urea groups is 1. The number of carbonyl (C=O) groups excluding carboxylic acids is 2. The minimum atomic E-state index is -1.02. The van der Waals surface area contributed by atoms with Crippen LogP contribution in [0.5, 0.6) is 5.75 Å². The maximum absolute atomic E-state index is 13.3. The minimum Gasteiger partial charge on any atom is -0.496 e. The Kier molecular flexibility index (Phi) is 6.15. The fourth-order valence-electron chi connectivity index (χ4n) is 3.78. The molecule has 0 radical (unpaired) electrons. The number of hydrogen-bond donors (Lipinski definition) is 2. The highest BCUT2D eigenvalue weighted by Crippen LogP contribution is 2.32. The maximum atomic E-state index is 13.3. The van der Waals surface area contributed by atoms with E-state index < -0.39 is 5.54 Å². The van der Waals surface area contributed by atoms with Gasteiger partial charge in [0.1, 0.15) is 17.8 Å². The number of halogens is 1. The summed E-state index contributed by atoms with van der Waals surface area (Å²) >= 11 is 6.12. The Hall–Kier alpha value is -2.57. The predicted molar refractivity (Wildman–Crippen MR) is 112 cm³/mol. The van der Waals surface area contributed by atoms with E-state index in [-0.39, 0.29) is 18.6 Å². The standard InChI is InChI=1S/C22H26ClN3O3/c1-5-22(17-8-6-15(2)7-9-17)20(27)26(21(28)24-22)14-25(3)13-16-12-18(23)10-11-19(16)29-4/h6-12H,5,13-14H2,1-4H3,(H,24,28)/p+1/t22-/m1/s1. The molecule has 7 heteroatoms. The number of quaternary nitrogens is 1. The molecule has 1 saturated heterocycles. The van der Waals surface area contributed by atoms with Crippen LogP contribution in [-0.4, -0.2) is 37.7 Å². The van der Waals surface area contributed by atoms with Crippen LogP contribution in [0.15, 0.2) is 42.5 Å². The summed E-state index contributed by atoms with van der Waals surface area (Å²) in [5.74, 6) is 0.514. The first-order chi connectivity index (χ1) is 13.8. The minimum absolute atomic E-state index is 0.216. The van der Waals surface area contributed by atoms with Gasteiger partial charge in [-0.05, 0) is 37.1 Å². The molecule has 0 aromatic heterocycles. The van der Waals surface area contributed by atoms with Gasteiger partial charge in [0, 0.05) is 10.6 Å². The normalized spacial score (nSPS) is 20.0. The number of aryl methyl sites for hydroxylation is 1. The molecule has 3 rings (SSSR count). The molecular formula is C22H27ClN3O3+. The number of amides is 3. The molecule has 0 aliphatic carbocycles. The van der Waals surface area contributed by atoms with Crippen LogP contribution in [0.3, 0.4) is 0 Å². The summed E-state index contributed by atoms with van der Waals surface area (Å²) in [6, 6.07) is 12.8. The highest BCUT2D eigenvalue weighted by Gasteiger charge is 2.52. The first-order valence-electron chi connectivity index (χ1n) is 9.65. The highest BCUT2D eigenvalue weighted by molar-refractivity contribution is 6.30. The molecule has 0 spiro atoms. The molecule has 3 amide bonds. The van der Waals surface area contributed by atoms with Crippen molar-refractivity contribution in [1.29, 1.82) is 0 Å². The molecule has 1 aliphatic rings. The molecule has 0 saturated carbocycles. The van der Waals surface area contributed by atoms with E-state index in [0.717, 1.165) is 27.3 Å². The van der Waals surface area contributed by atoms with Crippen LogP contribution >= 0.6 is 11.6 Å². The van der Waals surface area contributed by atoms with E-state index in [1.165, 1.54) is 4.90 Å². The van der Waals surface area contributed by atoms with Crippen LogP contribution < -0.4 is 15.0 Å². The van der Waals surface area contributed by atoms with Gasteiger partial charge in [-0.1, -0.05) is 48.4 Å².